The Morgan fingerprint density at radius 1 is 0.400 bits per heavy atom. The minimum Gasteiger partial charge on any atom is -0.310 e. The van der Waals surface area contributed by atoms with E-state index in [9.17, 15) is 0 Å². The molecule has 0 bridgehead atoms. The van der Waals surface area contributed by atoms with Crippen molar-refractivity contribution in [3.63, 3.8) is 0 Å². The van der Waals surface area contributed by atoms with E-state index in [0.717, 1.165) is 11.4 Å². The quantitative estimate of drug-likeness (QED) is 0.215. The normalized spacial score (nSPS) is 12.0. The summed E-state index contributed by atoms with van der Waals surface area (Å²) in [7, 11) is 0. The third-order valence-electron chi connectivity index (χ3n) is 8.44. The molecule has 0 fully saturated rings. The Kier molecular flexibility index (Phi) is 4.36. The van der Waals surface area contributed by atoms with Gasteiger partial charge in [0.15, 0.2) is 0 Å². The molecule has 2 heteroatoms. The van der Waals surface area contributed by atoms with Gasteiger partial charge in [0.25, 0.3) is 0 Å². The van der Waals surface area contributed by atoms with Gasteiger partial charge in [0.2, 0.25) is 0 Å². The Morgan fingerprint density at radius 3 is 1.70 bits per heavy atom. The zero-order chi connectivity index (χ0) is 26.2. The van der Waals surface area contributed by atoms with Crippen molar-refractivity contribution in [1.82, 2.24) is 4.40 Å². The number of hydrogen-bond acceptors (Lipinski definition) is 1. The number of aromatic nitrogens is 1. The third-order valence-corrected chi connectivity index (χ3v) is 8.44. The molecule has 0 spiro atoms. The van der Waals surface area contributed by atoms with Crippen LogP contribution in [0.5, 0.6) is 0 Å². The summed E-state index contributed by atoms with van der Waals surface area (Å²) >= 11 is 0. The van der Waals surface area contributed by atoms with Gasteiger partial charge < -0.3 is 9.30 Å². The van der Waals surface area contributed by atoms with Gasteiger partial charge in [0, 0.05) is 32.9 Å². The lowest BCUT2D eigenvalue weighted by molar-refractivity contribution is 1.30. The fraction of sp³-hybridized carbons (Fsp3) is 0. The topological polar surface area (TPSA) is 7.65 Å². The number of fused-ring (bicyclic) bond motifs is 6. The lowest BCUT2D eigenvalue weighted by Crippen LogP contribution is -2.10. The zero-order valence-electron chi connectivity index (χ0n) is 21.8. The molecule has 0 unspecified atom stereocenters. The van der Waals surface area contributed by atoms with Crippen LogP contribution in [-0.2, 0) is 0 Å². The average Bonchev–Trinajstić information content (AvgIpc) is 3.30. The van der Waals surface area contributed by atoms with Gasteiger partial charge in [-0.2, -0.15) is 0 Å². The zero-order valence-corrected chi connectivity index (χ0v) is 21.8. The van der Waals surface area contributed by atoms with Crippen LogP contribution in [0, 0.1) is 0 Å². The van der Waals surface area contributed by atoms with E-state index in [4.69, 9.17) is 0 Å². The number of nitrogens with zero attached hydrogens (tertiary/aromatic N) is 2. The van der Waals surface area contributed by atoms with Crippen molar-refractivity contribution in [2.24, 2.45) is 0 Å². The summed E-state index contributed by atoms with van der Waals surface area (Å²) in [6, 6.07) is 52.9. The lowest BCUT2D eigenvalue weighted by atomic mass is 9.95. The van der Waals surface area contributed by atoms with Gasteiger partial charge in [-0.25, -0.2) is 0 Å². The summed E-state index contributed by atoms with van der Waals surface area (Å²) in [4.78, 5) is 2.42. The third kappa shape index (κ3) is 2.82. The summed E-state index contributed by atoms with van der Waals surface area (Å²) in [6.45, 7) is 0. The van der Waals surface area contributed by atoms with Crippen LogP contribution in [0.15, 0.2) is 146 Å². The van der Waals surface area contributed by atoms with E-state index in [1.807, 2.05) is 0 Å². The van der Waals surface area contributed by atoms with E-state index >= 15 is 0 Å². The van der Waals surface area contributed by atoms with Gasteiger partial charge in [0.05, 0.1) is 22.2 Å². The molecular formula is C38H24N2. The van der Waals surface area contributed by atoms with Gasteiger partial charge in [-0.05, 0) is 64.0 Å². The largest absolute Gasteiger partial charge is 0.310 e. The number of benzene rings is 7. The van der Waals surface area contributed by atoms with E-state index < -0.39 is 0 Å². The molecule has 40 heavy (non-hydrogen) atoms. The molecule has 0 radical (unpaired) electrons. The minimum absolute atomic E-state index is 1.14. The Morgan fingerprint density at radius 2 is 0.975 bits per heavy atom. The molecule has 2 heterocycles. The highest BCUT2D eigenvalue weighted by atomic mass is 15.1. The van der Waals surface area contributed by atoms with Crippen molar-refractivity contribution in [3.8, 4) is 0 Å². The Hall–Kier alpha value is -5.34. The Labute approximate surface area is 231 Å². The molecule has 0 aliphatic rings. The average molecular weight is 509 g/mol. The molecule has 0 N–H and O–H groups in total. The maximum absolute atomic E-state index is 2.51. The molecule has 0 atom stereocenters. The molecule has 9 aromatic rings. The maximum Gasteiger partial charge on any atom is 0.0647 e. The fourth-order valence-corrected chi connectivity index (χ4v) is 6.85. The molecule has 0 amide bonds. The molecule has 186 valence electrons. The highest BCUT2D eigenvalue weighted by Crippen LogP contribution is 2.49. The first-order chi connectivity index (χ1) is 19.9. The molecule has 0 aliphatic heterocycles. The highest BCUT2D eigenvalue weighted by molar-refractivity contribution is 6.34. The second kappa shape index (κ2) is 8.08. The molecule has 2 aromatic heterocycles. The van der Waals surface area contributed by atoms with E-state index in [0.29, 0.717) is 0 Å². The molecule has 0 saturated heterocycles. The molecule has 9 rings (SSSR count). The van der Waals surface area contributed by atoms with Gasteiger partial charge in [-0.1, -0.05) is 103 Å². The summed E-state index contributed by atoms with van der Waals surface area (Å²) in [5.41, 5.74) is 7.19. The van der Waals surface area contributed by atoms with Crippen LogP contribution in [0.4, 0.5) is 17.1 Å². The number of rotatable bonds is 3. The minimum atomic E-state index is 1.14. The summed E-state index contributed by atoms with van der Waals surface area (Å²) in [6.07, 6.45) is 0. The van der Waals surface area contributed by atoms with Gasteiger partial charge >= 0.3 is 0 Å². The second-order valence-corrected chi connectivity index (χ2v) is 10.6. The van der Waals surface area contributed by atoms with Crippen LogP contribution in [0.1, 0.15) is 0 Å². The van der Waals surface area contributed by atoms with Crippen LogP contribution >= 0.6 is 0 Å². The van der Waals surface area contributed by atoms with Gasteiger partial charge in [-0.3, -0.25) is 0 Å². The Bertz CT molecular complexity index is 2330. The first-order valence-corrected chi connectivity index (χ1v) is 13.8. The van der Waals surface area contributed by atoms with Crippen LogP contribution < -0.4 is 4.90 Å². The summed E-state index contributed by atoms with van der Waals surface area (Å²) < 4.78 is 2.51. The Balaban J connectivity index is 1.61. The van der Waals surface area contributed by atoms with E-state index in [1.54, 1.807) is 0 Å². The summed E-state index contributed by atoms with van der Waals surface area (Å²) in [5.74, 6) is 0. The first kappa shape index (κ1) is 21.6. The molecule has 7 aromatic carbocycles. The smallest absolute Gasteiger partial charge is 0.0647 e. The van der Waals surface area contributed by atoms with Crippen LogP contribution in [0.25, 0.3) is 59.6 Å². The number of hydrogen-bond donors (Lipinski definition) is 0. The lowest BCUT2D eigenvalue weighted by Gasteiger charge is -2.27. The van der Waals surface area contributed by atoms with Crippen LogP contribution in [-0.4, -0.2) is 4.40 Å². The maximum atomic E-state index is 2.51. The SMILES string of the molecule is c1ccc(N(c2ccccc2)c2cc3ccc4cccc5c6ccccc6n6c7ccccc7c2c6c3c45)cc1. The van der Waals surface area contributed by atoms with Crippen molar-refractivity contribution in [1.29, 1.82) is 0 Å². The molecule has 0 aliphatic carbocycles. The number of anilines is 3. The second-order valence-electron chi connectivity index (χ2n) is 10.6. The van der Waals surface area contributed by atoms with Crippen molar-refractivity contribution < 1.29 is 0 Å². The van der Waals surface area contributed by atoms with Crippen LogP contribution in [0.2, 0.25) is 0 Å². The first-order valence-electron chi connectivity index (χ1n) is 13.8. The van der Waals surface area contributed by atoms with Crippen molar-refractivity contribution in [2.75, 3.05) is 4.90 Å². The van der Waals surface area contributed by atoms with Gasteiger partial charge in [0.1, 0.15) is 0 Å². The van der Waals surface area contributed by atoms with Crippen molar-refractivity contribution >= 4 is 76.7 Å². The van der Waals surface area contributed by atoms with Crippen molar-refractivity contribution in [3.05, 3.63) is 146 Å². The summed E-state index contributed by atoms with van der Waals surface area (Å²) in [5, 5.41) is 10.3. The van der Waals surface area contributed by atoms with E-state index in [2.05, 4.69) is 155 Å². The van der Waals surface area contributed by atoms with Gasteiger partial charge in [-0.15, -0.1) is 0 Å². The molecular weight excluding hydrogens is 484 g/mol. The predicted molar refractivity (Wildman–Crippen MR) is 171 cm³/mol. The standard InChI is InChI=1S/C38H24N2/c1-3-13-27(14-4-1)39(28-15-5-2-6-16-28)34-24-26-23-22-25-12-11-19-30-29-17-7-9-20-32(29)40-33-21-10-8-18-31(33)37(34)38(40)36(26)35(25)30/h1-24H. The highest BCUT2D eigenvalue weighted by Gasteiger charge is 2.24. The predicted octanol–water partition coefficient (Wildman–Crippen LogP) is 10.6. The van der Waals surface area contributed by atoms with E-state index in [1.165, 1.54) is 65.3 Å². The molecule has 0 saturated carbocycles. The van der Waals surface area contributed by atoms with E-state index in [-0.39, 0.29) is 0 Å². The monoisotopic (exact) mass is 508 g/mol. The van der Waals surface area contributed by atoms with Crippen LogP contribution in [0.3, 0.4) is 0 Å². The molecule has 2 nitrogen and oxygen atoms in total. The fourth-order valence-electron chi connectivity index (χ4n) is 6.85. The van der Waals surface area contributed by atoms with Crippen molar-refractivity contribution in [2.45, 2.75) is 0 Å². The number of para-hydroxylation sites is 4.